The maximum atomic E-state index is 11.9. The molecule has 1 fully saturated rings. The van der Waals surface area contributed by atoms with Crippen molar-refractivity contribution < 1.29 is 19.4 Å². The largest absolute Gasteiger partial charge is 0.481 e. The van der Waals surface area contributed by atoms with Crippen molar-refractivity contribution in [2.45, 2.75) is 39.2 Å². The van der Waals surface area contributed by atoms with Crippen molar-refractivity contribution >= 4 is 11.9 Å². The maximum absolute atomic E-state index is 11.9. The van der Waals surface area contributed by atoms with Crippen LogP contribution in [0.3, 0.4) is 0 Å². The molecule has 21 heavy (non-hydrogen) atoms. The van der Waals surface area contributed by atoms with Crippen LogP contribution < -0.4 is 10.1 Å². The highest BCUT2D eigenvalue weighted by atomic mass is 16.5. The Hall–Kier alpha value is -2.05. The van der Waals surface area contributed by atoms with Crippen LogP contribution in [0.1, 0.15) is 30.7 Å². The van der Waals surface area contributed by atoms with E-state index in [1.165, 1.54) is 0 Å². The van der Waals surface area contributed by atoms with Gasteiger partial charge < -0.3 is 15.2 Å². The van der Waals surface area contributed by atoms with Crippen LogP contribution in [0.25, 0.3) is 0 Å². The molecule has 1 aliphatic rings. The van der Waals surface area contributed by atoms with E-state index in [4.69, 9.17) is 9.84 Å². The normalized spacial score (nSPS) is 21.3. The number of aromatic nitrogens is 2. The Balaban J connectivity index is 1.82. The molecule has 1 saturated carbocycles. The number of carboxylic acids is 1. The summed E-state index contributed by atoms with van der Waals surface area (Å²) in [5.74, 6) is -0.736. The number of carbonyl (C=O) groups is 2. The van der Waals surface area contributed by atoms with Crippen LogP contribution in [0.5, 0.6) is 5.75 Å². The summed E-state index contributed by atoms with van der Waals surface area (Å²) in [4.78, 5) is 22.7. The lowest BCUT2D eigenvalue weighted by Gasteiger charge is -2.13. The van der Waals surface area contributed by atoms with Crippen LogP contribution in [0.2, 0.25) is 0 Å². The number of aryl methyl sites for hydroxylation is 2. The molecule has 1 aliphatic carbocycles. The van der Waals surface area contributed by atoms with E-state index in [1.807, 2.05) is 20.9 Å². The Morgan fingerprint density at radius 3 is 2.67 bits per heavy atom. The zero-order chi connectivity index (χ0) is 15.6. The van der Waals surface area contributed by atoms with Crippen LogP contribution >= 0.6 is 0 Å². The van der Waals surface area contributed by atoms with E-state index in [0.717, 1.165) is 11.4 Å². The number of carbonyl (C=O) groups excluding carboxylic acids is 1. The first kappa shape index (κ1) is 15.3. The Bertz CT molecular complexity index is 553. The van der Waals surface area contributed by atoms with Gasteiger partial charge >= 0.3 is 5.97 Å². The number of nitrogens with zero attached hydrogens (tertiary/aromatic N) is 2. The Labute approximate surface area is 123 Å². The van der Waals surface area contributed by atoms with E-state index in [-0.39, 0.29) is 24.5 Å². The third-order valence-corrected chi connectivity index (χ3v) is 3.94. The number of rotatable bonds is 5. The first-order valence-corrected chi connectivity index (χ1v) is 7.03. The predicted molar refractivity (Wildman–Crippen MR) is 75.1 cm³/mol. The van der Waals surface area contributed by atoms with Crippen molar-refractivity contribution in [3.05, 3.63) is 11.4 Å². The summed E-state index contributed by atoms with van der Waals surface area (Å²) in [5.41, 5.74) is 1.61. The Kier molecular flexibility index (Phi) is 4.50. The summed E-state index contributed by atoms with van der Waals surface area (Å²) >= 11 is 0. The minimum absolute atomic E-state index is 0.0710. The highest BCUT2D eigenvalue weighted by Crippen LogP contribution is 2.25. The molecule has 0 saturated heterocycles. The lowest BCUT2D eigenvalue weighted by atomic mass is 10.1. The summed E-state index contributed by atoms with van der Waals surface area (Å²) < 4.78 is 7.23. The number of carboxylic acid groups (broad SMARTS) is 1. The molecule has 7 heteroatoms. The molecule has 0 aliphatic heterocycles. The predicted octanol–water partition coefficient (Wildman–Crippen LogP) is 0.785. The first-order chi connectivity index (χ1) is 9.88. The van der Waals surface area contributed by atoms with E-state index >= 15 is 0 Å². The monoisotopic (exact) mass is 295 g/mol. The number of amides is 1. The van der Waals surface area contributed by atoms with E-state index < -0.39 is 5.97 Å². The zero-order valence-corrected chi connectivity index (χ0v) is 12.5. The lowest BCUT2D eigenvalue weighted by Crippen LogP contribution is -2.36. The standard InChI is InChI=1S/C14H21N3O4/c1-8-13(9(2)17(3)16-8)21-7-12(18)15-11-5-4-10(6-11)14(19)20/h10-11H,4-7H2,1-3H3,(H,15,18)(H,19,20)/t10-,11+/m0/s1. The third-order valence-electron chi connectivity index (χ3n) is 3.94. The molecule has 0 unspecified atom stereocenters. The minimum atomic E-state index is -0.787. The van der Waals surface area contributed by atoms with Gasteiger partial charge in [0.25, 0.3) is 5.91 Å². The van der Waals surface area contributed by atoms with Crippen LogP contribution in [-0.2, 0) is 16.6 Å². The molecule has 116 valence electrons. The van der Waals surface area contributed by atoms with Crippen molar-refractivity contribution in [1.82, 2.24) is 15.1 Å². The average molecular weight is 295 g/mol. The van der Waals surface area contributed by atoms with Gasteiger partial charge in [-0.25, -0.2) is 0 Å². The highest BCUT2D eigenvalue weighted by Gasteiger charge is 2.30. The third kappa shape index (κ3) is 3.53. The minimum Gasteiger partial charge on any atom is -0.481 e. The van der Waals surface area contributed by atoms with Crippen molar-refractivity contribution in [3.8, 4) is 5.75 Å². The summed E-state index contributed by atoms with van der Waals surface area (Å²) in [6.45, 7) is 3.62. The summed E-state index contributed by atoms with van der Waals surface area (Å²) in [7, 11) is 1.82. The molecule has 7 nitrogen and oxygen atoms in total. The van der Waals surface area contributed by atoms with Gasteiger partial charge in [0.1, 0.15) is 5.69 Å². The van der Waals surface area contributed by atoms with Crippen molar-refractivity contribution in [1.29, 1.82) is 0 Å². The van der Waals surface area contributed by atoms with Crippen molar-refractivity contribution in [3.63, 3.8) is 0 Å². The van der Waals surface area contributed by atoms with Gasteiger partial charge in [-0.3, -0.25) is 14.3 Å². The van der Waals surface area contributed by atoms with Crippen LogP contribution in [0.15, 0.2) is 0 Å². The molecular weight excluding hydrogens is 274 g/mol. The molecule has 1 amide bonds. The quantitative estimate of drug-likeness (QED) is 0.837. The second-order valence-corrected chi connectivity index (χ2v) is 5.52. The van der Waals surface area contributed by atoms with Crippen molar-refractivity contribution in [2.24, 2.45) is 13.0 Å². The van der Waals surface area contributed by atoms with Gasteiger partial charge in [0.15, 0.2) is 12.4 Å². The zero-order valence-electron chi connectivity index (χ0n) is 12.5. The molecule has 2 rings (SSSR count). The van der Waals surface area contributed by atoms with Gasteiger partial charge in [0.2, 0.25) is 0 Å². The molecule has 2 atom stereocenters. The van der Waals surface area contributed by atoms with E-state index in [2.05, 4.69) is 10.4 Å². The Morgan fingerprint density at radius 1 is 1.43 bits per heavy atom. The lowest BCUT2D eigenvalue weighted by molar-refractivity contribution is -0.141. The summed E-state index contributed by atoms with van der Waals surface area (Å²) in [5, 5.41) is 16.0. The van der Waals surface area contributed by atoms with Gasteiger partial charge in [-0.2, -0.15) is 5.10 Å². The van der Waals surface area contributed by atoms with Crippen molar-refractivity contribution in [2.75, 3.05) is 6.61 Å². The highest BCUT2D eigenvalue weighted by molar-refractivity contribution is 5.78. The topological polar surface area (TPSA) is 93.5 Å². The number of aliphatic carboxylic acids is 1. The van der Waals surface area contributed by atoms with E-state index in [0.29, 0.717) is 25.0 Å². The molecule has 0 spiro atoms. The summed E-state index contributed by atoms with van der Waals surface area (Å²) in [6.07, 6.45) is 1.81. The smallest absolute Gasteiger partial charge is 0.306 e. The Morgan fingerprint density at radius 2 is 2.14 bits per heavy atom. The number of ether oxygens (including phenoxy) is 1. The number of nitrogens with one attached hydrogen (secondary N) is 1. The fraction of sp³-hybridized carbons (Fsp3) is 0.643. The van der Waals surface area contributed by atoms with Crippen LogP contribution in [0.4, 0.5) is 0 Å². The fourth-order valence-electron chi connectivity index (χ4n) is 2.71. The molecule has 1 aromatic rings. The fourth-order valence-corrected chi connectivity index (χ4v) is 2.71. The molecule has 0 aromatic carbocycles. The van der Waals surface area contributed by atoms with Gasteiger partial charge in [-0.05, 0) is 33.1 Å². The second-order valence-electron chi connectivity index (χ2n) is 5.52. The van der Waals surface area contributed by atoms with Gasteiger partial charge in [-0.1, -0.05) is 0 Å². The SMILES string of the molecule is Cc1nn(C)c(C)c1OCC(=O)N[C@@H]1CC[C@H](C(=O)O)C1. The van der Waals surface area contributed by atoms with Gasteiger partial charge in [-0.15, -0.1) is 0 Å². The second kappa shape index (κ2) is 6.15. The van der Waals surface area contributed by atoms with Gasteiger partial charge in [0.05, 0.1) is 11.6 Å². The molecule has 1 heterocycles. The van der Waals surface area contributed by atoms with Gasteiger partial charge in [0, 0.05) is 13.1 Å². The summed E-state index contributed by atoms with van der Waals surface area (Å²) in [6, 6.07) is -0.0710. The van der Waals surface area contributed by atoms with E-state index in [9.17, 15) is 9.59 Å². The number of hydrogen-bond acceptors (Lipinski definition) is 4. The van der Waals surface area contributed by atoms with Crippen LogP contribution in [0, 0.1) is 19.8 Å². The average Bonchev–Trinajstić information content (AvgIpc) is 2.95. The van der Waals surface area contributed by atoms with E-state index in [1.54, 1.807) is 4.68 Å². The molecule has 1 aromatic heterocycles. The maximum Gasteiger partial charge on any atom is 0.306 e. The molecule has 0 radical (unpaired) electrons. The van der Waals surface area contributed by atoms with Crippen LogP contribution in [-0.4, -0.2) is 39.4 Å². The number of hydrogen-bond donors (Lipinski definition) is 2. The molecule has 2 N–H and O–H groups in total. The molecule has 0 bridgehead atoms. The first-order valence-electron chi connectivity index (χ1n) is 7.03. The molecular formula is C14H21N3O4.